The van der Waals surface area contributed by atoms with Gasteiger partial charge in [0, 0.05) is 18.1 Å². The van der Waals surface area contributed by atoms with Gasteiger partial charge in [0.2, 0.25) is 5.95 Å². The summed E-state index contributed by atoms with van der Waals surface area (Å²) in [5, 5.41) is 0. The van der Waals surface area contributed by atoms with Crippen molar-refractivity contribution in [2.75, 3.05) is 10.5 Å². The van der Waals surface area contributed by atoms with Gasteiger partial charge in [0.05, 0.1) is 4.90 Å². The van der Waals surface area contributed by atoms with Crippen molar-refractivity contribution in [3.8, 4) is 0 Å². The number of nitrogen functional groups attached to an aromatic ring is 1. The molecule has 2 rings (SSSR count). The molecule has 0 aliphatic carbocycles. The number of aryl methyl sites for hydroxylation is 1. The average Bonchev–Trinajstić information content (AvgIpc) is 2.29. The Morgan fingerprint density at radius 3 is 2.50 bits per heavy atom. The lowest BCUT2D eigenvalue weighted by Gasteiger charge is -2.09. The van der Waals surface area contributed by atoms with Crippen molar-refractivity contribution in [2.24, 2.45) is 0 Å². The lowest BCUT2D eigenvalue weighted by atomic mass is 10.2. The zero-order valence-electron chi connectivity index (χ0n) is 9.66. The summed E-state index contributed by atoms with van der Waals surface area (Å²) in [5.41, 5.74) is 6.67. The lowest BCUT2D eigenvalue weighted by molar-refractivity contribution is 0.600. The van der Waals surface area contributed by atoms with Gasteiger partial charge in [-0.1, -0.05) is 0 Å². The summed E-state index contributed by atoms with van der Waals surface area (Å²) < 4.78 is 26.5. The summed E-state index contributed by atoms with van der Waals surface area (Å²) in [7, 11) is -3.69. The highest BCUT2D eigenvalue weighted by Crippen LogP contribution is 2.19. The maximum absolute atomic E-state index is 12.1. The molecule has 0 saturated heterocycles. The van der Waals surface area contributed by atoms with Crippen LogP contribution < -0.4 is 10.5 Å². The Kier molecular flexibility index (Phi) is 3.15. The van der Waals surface area contributed by atoms with E-state index in [1.807, 2.05) is 0 Å². The molecule has 0 aliphatic heterocycles. The second kappa shape index (κ2) is 4.61. The molecular weight excluding hydrogens is 252 g/mol. The molecule has 18 heavy (non-hydrogen) atoms. The Hall–Kier alpha value is -2.15. The predicted octanol–water partition coefficient (Wildman–Crippen LogP) is 1.17. The van der Waals surface area contributed by atoms with Crippen LogP contribution in [-0.2, 0) is 10.0 Å². The normalized spacial score (nSPS) is 11.2. The van der Waals surface area contributed by atoms with Gasteiger partial charge >= 0.3 is 0 Å². The van der Waals surface area contributed by atoms with Gasteiger partial charge in [0.15, 0.2) is 0 Å². The molecular formula is C11H12N4O2S. The third-order valence-corrected chi connectivity index (χ3v) is 3.77. The van der Waals surface area contributed by atoms with E-state index in [4.69, 9.17) is 5.73 Å². The minimum Gasteiger partial charge on any atom is -0.399 e. The molecule has 2 aromatic rings. The predicted molar refractivity (Wildman–Crippen MR) is 68.4 cm³/mol. The number of aromatic nitrogens is 2. The standard InChI is InChI=1S/C11H12N4O2S/c1-8-7-9(12)3-4-10(8)18(16,17)15-11-13-5-2-6-14-11/h2-7H,12H2,1H3,(H,13,14,15). The molecule has 0 bridgehead atoms. The molecule has 0 saturated carbocycles. The molecule has 0 radical (unpaired) electrons. The first-order valence-electron chi connectivity index (χ1n) is 5.15. The summed E-state index contributed by atoms with van der Waals surface area (Å²) in [6.07, 6.45) is 2.92. The van der Waals surface area contributed by atoms with Crippen LogP contribution in [0.2, 0.25) is 0 Å². The van der Waals surface area contributed by atoms with E-state index >= 15 is 0 Å². The molecule has 94 valence electrons. The topological polar surface area (TPSA) is 98.0 Å². The van der Waals surface area contributed by atoms with Gasteiger partial charge in [-0.15, -0.1) is 0 Å². The Morgan fingerprint density at radius 1 is 1.22 bits per heavy atom. The average molecular weight is 264 g/mol. The number of nitrogens with one attached hydrogen (secondary N) is 1. The highest BCUT2D eigenvalue weighted by molar-refractivity contribution is 7.92. The quantitative estimate of drug-likeness (QED) is 0.811. The van der Waals surface area contributed by atoms with Gasteiger partial charge in [-0.3, -0.25) is 0 Å². The first-order chi connectivity index (χ1) is 8.49. The summed E-state index contributed by atoms with van der Waals surface area (Å²) in [6, 6.07) is 6.19. The molecule has 1 aromatic carbocycles. The fourth-order valence-corrected chi connectivity index (χ4v) is 2.69. The zero-order chi connectivity index (χ0) is 13.2. The van der Waals surface area contributed by atoms with Gasteiger partial charge < -0.3 is 5.73 Å². The molecule has 6 nitrogen and oxygen atoms in total. The maximum atomic E-state index is 12.1. The van der Waals surface area contributed by atoms with E-state index < -0.39 is 10.0 Å². The van der Waals surface area contributed by atoms with Gasteiger partial charge in [-0.2, -0.15) is 0 Å². The number of nitrogens with two attached hydrogens (primary N) is 1. The maximum Gasteiger partial charge on any atom is 0.264 e. The molecule has 1 aromatic heterocycles. The lowest BCUT2D eigenvalue weighted by Crippen LogP contribution is -2.16. The van der Waals surface area contributed by atoms with Crippen molar-refractivity contribution in [2.45, 2.75) is 11.8 Å². The van der Waals surface area contributed by atoms with Crippen molar-refractivity contribution in [1.82, 2.24) is 9.97 Å². The first kappa shape index (κ1) is 12.3. The number of hydrogen-bond acceptors (Lipinski definition) is 5. The van der Waals surface area contributed by atoms with Crippen LogP contribution in [0.1, 0.15) is 5.56 Å². The molecule has 7 heteroatoms. The number of nitrogens with zero attached hydrogens (tertiary/aromatic N) is 2. The smallest absolute Gasteiger partial charge is 0.264 e. The fraction of sp³-hybridized carbons (Fsp3) is 0.0909. The zero-order valence-corrected chi connectivity index (χ0v) is 10.5. The molecule has 1 heterocycles. The van der Waals surface area contributed by atoms with Gasteiger partial charge in [-0.05, 0) is 36.8 Å². The van der Waals surface area contributed by atoms with Crippen LogP contribution in [0.3, 0.4) is 0 Å². The molecule has 0 amide bonds. The Balaban J connectivity index is 2.37. The third kappa shape index (κ3) is 2.57. The van der Waals surface area contributed by atoms with Crippen LogP contribution in [0.5, 0.6) is 0 Å². The highest BCUT2D eigenvalue weighted by atomic mass is 32.2. The molecule has 0 aliphatic rings. The van der Waals surface area contributed by atoms with E-state index in [2.05, 4.69) is 14.7 Å². The molecule has 0 fully saturated rings. The summed E-state index contributed by atoms with van der Waals surface area (Å²) in [4.78, 5) is 7.78. The number of hydrogen-bond donors (Lipinski definition) is 2. The van der Waals surface area contributed by atoms with Crippen molar-refractivity contribution in [3.63, 3.8) is 0 Å². The van der Waals surface area contributed by atoms with Crippen molar-refractivity contribution in [1.29, 1.82) is 0 Å². The van der Waals surface area contributed by atoms with E-state index in [1.165, 1.54) is 24.5 Å². The Morgan fingerprint density at radius 2 is 1.89 bits per heavy atom. The summed E-state index contributed by atoms with van der Waals surface area (Å²) in [5.74, 6) is 0.0359. The van der Waals surface area contributed by atoms with Gasteiger partial charge in [-0.25, -0.2) is 23.1 Å². The molecule has 0 atom stereocenters. The van der Waals surface area contributed by atoms with Crippen LogP contribution >= 0.6 is 0 Å². The monoisotopic (exact) mass is 264 g/mol. The molecule has 3 N–H and O–H groups in total. The van der Waals surface area contributed by atoms with E-state index in [9.17, 15) is 8.42 Å². The van der Waals surface area contributed by atoms with Crippen molar-refractivity contribution in [3.05, 3.63) is 42.2 Å². The van der Waals surface area contributed by atoms with Crippen LogP contribution in [0.25, 0.3) is 0 Å². The van der Waals surface area contributed by atoms with E-state index in [1.54, 1.807) is 19.1 Å². The Labute approximate surface area is 105 Å². The SMILES string of the molecule is Cc1cc(N)ccc1S(=O)(=O)Nc1ncccn1. The first-order valence-corrected chi connectivity index (χ1v) is 6.63. The van der Waals surface area contributed by atoms with Crippen LogP contribution in [-0.4, -0.2) is 18.4 Å². The third-order valence-electron chi connectivity index (χ3n) is 2.28. The molecule has 0 unspecified atom stereocenters. The minimum atomic E-state index is -3.69. The molecule has 0 spiro atoms. The van der Waals surface area contributed by atoms with Crippen LogP contribution in [0, 0.1) is 6.92 Å². The number of rotatable bonds is 3. The van der Waals surface area contributed by atoms with Crippen molar-refractivity contribution < 1.29 is 8.42 Å². The Bertz CT molecular complexity index is 656. The largest absolute Gasteiger partial charge is 0.399 e. The van der Waals surface area contributed by atoms with E-state index in [-0.39, 0.29) is 10.8 Å². The summed E-state index contributed by atoms with van der Waals surface area (Å²) in [6.45, 7) is 1.68. The highest BCUT2D eigenvalue weighted by Gasteiger charge is 2.17. The van der Waals surface area contributed by atoms with Crippen LogP contribution in [0.15, 0.2) is 41.6 Å². The van der Waals surface area contributed by atoms with E-state index in [0.29, 0.717) is 11.3 Å². The fourth-order valence-electron chi connectivity index (χ4n) is 1.50. The number of sulfonamides is 1. The number of anilines is 2. The summed E-state index contributed by atoms with van der Waals surface area (Å²) >= 11 is 0. The minimum absolute atomic E-state index is 0.0359. The second-order valence-corrected chi connectivity index (χ2v) is 5.35. The van der Waals surface area contributed by atoms with Crippen LogP contribution in [0.4, 0.5) is 11.6 Å². The van der Waals surface area contributed by atoms with Gasteiger partial charge in [0.1, 0.15) is 0 Å². The second-order valence-electron chi connectivity index (χ2n) is 3.70. The van der Waals surface area contributed by atoms with Crippen molar-refractivity contribution >= 4 is 21.7 Å². The number of benzene rings is 1. The van der Waals surface area contributed by atoms with Gasteiger partial charge in [0.25, 0.3) is 10.0 Å². The van der Waals surface area contributed by atoms with E-state index in [0.717, 1.165) is 0 Å².